The van der Waals surface area contributed by atoms with Crippen LogP contribution in [-0.4, -0.2) is 75.0 Å². The fourth-order valence-electron chi connectivity index (χ4n) is 4.58. The summed E-state index contributed by atoms with van der Waals surface area (Å²) in [5.74, 6) is -0.823. The lowest BCUT2D eigenvalue weighted by atomic mass is 9.93. The fraction of sp³-hybridized carbons (Fsp3) is 0.483. The molecule has 0 radical (unpaired) electrons. The van der Waals surface area contributed by atoms with Gasteiger partial charge in [-0.2, -0.15) is 0 Å². The summed E-state index contributed by atoms with van der Waals surface area (Å²) >= 11 is 0. The normalized spacial score (nSPS) is 12.7. The topological polar surface area (TPSA) is 129 Å². The lowest BCUT2D eigenvalue weighted by molar-refractivity contribution is -0.117. The smallest absolute Gasteiger partial charge is 0.261 e. The van der Waals surface area contributed by atoms with Gasteiger partial charge in [-0.05, 0) is 57.5 Å². The van der Waals surface area contributed by atoms with Crippen LogP contribution >= 0.6 is 0 Å². The highest BCUT2D eigenvalue weighted by Crippen LogP contribution is 2.34. The van der Waals surface area contributed by atoms with Crippen LogP contribution in [0, 0.1) is 0 Å². The monoisotopic (exact) mass is 522 g/mol. The summed E-state index contributed by atoms with van der Waals surface area (Å²) in [6.45, 7) is 11.0. The molecule has 0 aliphatic carbocycles. The zero-order valence-electron chi connectivity index (χ0n) is 22.5. The average molecular weight is 523 g/mol. The van der Waals surface area contributed by atoms with Crippen molar-refractivity contribution in [2.24, 2.45) is 5.73 Å². The van der Waals surface area contributed by atoms with Gasteiger partial charge in [-0.15, -0.1) is 0 Å². The molecule has 9 heteroatoms. The van der Waals surface area contributed by atoms with Gasteiger partial charge in [0.1, 0.15) is 0 Å². The Morgan fingerprint density at radius 2 is 1.53 bits per heavy atom. The van der Waals surface area contributed by atoms with Gasteiger partial charge in [0.2, 0.25) is 5.91 Å². The quantitative estimate of drug-likeness (QED) is 0.116. The number of unbranched alkanes of at least 4 members (excludes halogenated alkanes) is 3. The van der Waals surface area contributed by atoms with E-state index >= 15 is 0 Å². The summed E-state index contributed by atoms with van der Waals surface area (Å²) < 4.78 is 0. The number of nitrogens with two attached hydrogens (primary N) is 1. The van der Waals surface area contributed by atoms with Gasteiger partial charge in [0.05, 0.1) is 0 Å². The highest BCUT2D eigenvalue weighted by Gasteiger charge is 2.32. The molecule has 2 aromatic carbocycles. The standard InChI is InChI=1S/C29H42N6O3/c1-21(2)27(36)34-16-8-20-35-28(37)23-10-7-9-22-25(12-11-24(26(22)23)29(35)38)33-19-18-32-15-6-4-3-5-14-31-17-13-30/h7,9-12,31-33H,1,3-6,8,13-20,30H2,2H3,(H,34,36). The minimum absolute atomic E-state index is 0.228. The minimum atomic E-state index is -0.298. The van der Waals surface area contributed by atoms with Crippen LogP contribution < -0.4 is 27.0 Å². The van der Waals surface area contributed by atoms with Crippen molar-refractivity contribution in [2.45, 2.75) is 39.0 Å². The summed E-state index contributed by atoms with van der Waals surface area (Å²) in [6.07, 6.45) is 5.24. The van der Waals surface area contributed by atoms with Crippen molar-refractivity contribution in [1.82, 2.24) is 20.9 Å². The minimum Gasteiger partial charge on any atom is -0.383 e. The molecule has 2 aromatic rings. The first-order valence-corrected chi connectivity index (χ1v) is 13.7. The Bertz CT molecular complexity index is 1110. The van der Waals surface area contributed by atoms with Crippen LogP contribution in [0.25, 0.3) is 10.8 Å². The molecule has 0 spiro atoms. The molecule has 38 heavy (non-hydrogen) atoms. The van der Waals surface area contributed by atoms with E-state index in [1.807, 2.05) is 18.2 Å². The van der Waals surface area contributed by atoms with E-state index in [2.05, 4.69) is 27.8 Å². The second-order valence-electron chi connectivity index (χ2n) is 9.67. The van der Waals surface area contributed by atoms with Crippen molar-refractivity contribution in [3.05, 3.63) is 53.6 Å². The zero-order valence-corrected chi connectivity index (χ0v) is 22.5. The van der Waals surface area contributed by atoms with Crippen LogP contribution in [-0.2, 0) is 4.79 Å². The van der Waals surface area contributed by atoms with Crippen molar-refractivity contribution < 1.29 is 14.4 Å². The number of hydrogen-bond donors (Lipinski definition) is 5. The number of carbonyl (C=O) groups is 3. The predicted molar refractivity (Wildman–Crippen MR) is 154 cm³/mol. The van der Waals surface area contributed by atoms with E-state index in [1.165, 1.54) is 24.2 Å². The molecular formula is C29H42N6O3. The Hall–Kier alpha value is -3.27. The molecule has 0 bridgehead atoms. The van der Waals surface area contributed by atoms with Crippen LogP contribution in [0.1, 0.15) is 59.7 Å². The molecule has 6 N–H and O–H groups in total. The number of anilines is 1. The zero-order chi connectivity index (χ0) is 27.3. The predicted octanol–water partition coefficient (Wildman–Crippen LogP) is 2.63. The first-order valence-electron chi connectivity index (χ1n) is 13.7. The van der Waals surface area contributed by atoms with Crippen molar-refractivity contribution in [3.63, 3.8) is 0 Å². The first-order chi connectivity index (χ1) is 18.5. The number of imide groups is 1. The highest BCUT2D eigenvalue weighted by molar-refractivity contribution is 6.26. The number of amides is 3. The van der Waals surface area contributed by atoms with E-state index in [4.69, 9.17) is 5.73 Å². The average Bonchev–Trinajstić information content (AvgIpc) is 2.91. The number of nitrogens with one attached hydrogen (secondary N) is 4. The molecule has 206 valence electrons. The number of nitrogens with zero attached hydrogens (tertiary/aromatic N) is 1. The second kappa shape index (κ2) is 15.2. The summed E-state index contributed by atoms with van der Waals surface area (Å²) in [6, 6.07) is 9.29. The summed E-state index contributed by atoms with van der Waals surface area (Å²) in [5.41, 5.74) is 7.86. The van der Waals surface area contributed by atoms with Gasteiger partial charge in [0, 0.05) is 72.4 Å². The summed E-state index contributed by atoms with van der Waals surface area (Å²) in [5, 5.41) is 14.6. The van der Waals surface area contributed by atoms with E-state index in [-0.39, 0.29) is 24.3 Å². The van der Waals surface area contributed by atoms with Crippen LogP contribution in [0.5, 0.6) is 0 Å². The SMILES string of the molecule is C=C(C)C(=O)NCCCN1C(=O)c2cccc3c(NCCNCCCCCCNCCN)ccc(c23)C1=O. The highest BCUT2D eigenvalue weighted by atomic mass is 16.2. The molecule has 1 heterocycles. The Morgan fingerprint density at radius 1 is 0.842 bits per heavy atom. The number of benzene rings is 2. The van der Waals surface area contributed by atoms with E-state index < -0.39 is 0 Å². The molecule has 0 fully saturated rings. The molecular weight excluding hydrogens is 480 g/mol. The lowest BCUT2D eigenvalue weighted by Gasteiger charge is -2.28. The maximum Gasteiger partial charge on any atom is 0.261 e. The largest absolute Gasteiger partial charge is 0.383 e. The Labute approximate surface area is 225 Å². The molecule has 1 aliphatic heterocycles. The van der Waals surface area contributed by atoms with Crippen molar-refractivity contribution >= 4 is 34.2 Å². The first kappa shape index (κ1) is 29.3. The number of rotatable bonds is 18. The van der Waals surface area contributed by atoms with Gasteiger partial charge in [0.15, 0.2) is 0 Å². The second-order valence-corrected chi connectivity index (χ2v) is 9.67. The van der Waals surface area contributed by atoms with Crippen molar-refractivity contribution in [3.8, 4) is 0 Å². The van der Waals surface area contributed by atoms with Gasteiger partial charge in [-0.25, -0.2) is 0 Å². The van der Waals surface area contributed by atoms with Crippen LogP contribution in [0.2, 0.25) is 0 Å². The molecule has 3 amide bonds. The maximum atomic E-state index is 13.2. The summed E-state index contributed by atoms with van der Waals surface area (Å²) in [4.78, 5) is 39.3. The molecule has 0 saturated heterocycles. The maximum absolute atomic E-state index is 13.2. The Kier molecular flexibility index (Phi) is 11.7. The van der Waals surface area contributed by atoms with Gasteiger partial charge >= 0.3 is 0 Å². The molecule has 0 saturated carbocycles. The molecule has 0 atom stereocenters. The Balaban J connectivity index is 1.49. The van der Waals surface area contributed by atoms with Gasteiger partial charge in [0.25, 0.3) is 11.8 Å². The molecule has 1 aliphatic rings. The van der Waals surface area contributed by atoms with E-state index in [0.29, 0.717) is 41.6 Å². The van der Waals surface area contributed by atoms with Crippen molar-refractivity contribution in [1.29, 1.82) is 0 Å². The lowest BCUT2D eigenvalue weighted by Crippen LogP contribution is -2.42. The van der Waals surface area contributed by atoms with Crippen LogP contribution in [0.15, 0.2) is 42.5 Å². The third kappa shape index (κ3) is 7.86. The van der Waals surface area contributed by atoms with E-state index in [0.717, 1.165) is 50.2 Å². The third-order valence-electron chi connectivity index (χ3n) is 6.62. The number of hydrogen-bond acceptors (Lipinski definition) is 7. The fourth-order valence-corrected chi connectivity index (χ4v) is 4.58. The third-order valence-corrected chi connectivity index (χ3v) is 6.62. The van der Waals surface area contributed by atoms with Crippen LogP contribution in [0.4, 0.5) is 5.69 Å². The number of carbonyl (C=O) groups excluding carboxylic acids is 3. The molecule has 0 unspecified atom stereocenters. The Morgan fingerprint density at radius 3 is 2.21 bits per heavy atom. The molecule has 3 rings (SSSR count). The van der Waals surface area contributed by atoms with E-state index in [1.54, 1.807) is 19.1 Å². The van der Waals surface area contributed by atoms with Gasteiger partial charge in [-0.3, -0.25) is 19.3 Å². The van der Waals surface area contributed by atoms with Crippen molar-refractivity contribution in [2.75, 3.05) is 57.7 Å². The molecule has 9 nitrogen and oxygen atoms in total. The van der Waals surface area contributed by atoms with Gasteiger partial charge < -0.3 is 27.0 Å². The molecule has 0 aromatic heterocycles. The van der Waals surface area contributed by atoms with Gasteiger partial charge in [-0.1, -0.05) is 31.6 Å². The van der Waals surface area contributed by atoms with Crippen LogP contribution in [0.3, 0.4) is 0 Å². The van der Waals surface area contributed by atoms with E-state index in [9.17, 15) is 14.4 Å². The summed E-state index contributed by atoms with van der Waals surface area (Å²) in [7, 11) is 0.